The summed E-state index contributed by atoms with van der Waals surface area (Å²) >= 11 is 0. The van der Waals surface area contributed by atoms with Gasteiger partial charge in [-0.3, -0.25) is 9.69 Å². The lowest BCUT2D eigenvalue weighted by atomic mass is 9.96. The van der Waals surface area contributed by atoms with Crippen molar-refractivity contribution in [3.05, 3.63) is 12.4 Å². The summed E-state index contributed by atoms with van der Waals surface area (Å²) in [7, 11) is 0. The Morgan fingerprint density at radius 2 is 2.35 bits per heavy atom. The quantitative estimate of drug-likeness (QED) is 0.778. The highest BCUT2D eigenvalue weighted by atomic mass is 16.1. The van der Waals surface area contributed by atoms with Crippen LogP contribution < -0.4 is 5.32 Å². The fourth-order valence-corrected chi connectivity index (χ4v) is 2.58. The van der Waals surface area contributed by atoms with Crippen LogP contribution in [-0.2, 0) is 4.79 Å². The third kappa shape index (κ3) is 2.31. The average molecular weight is 235 g/mol. The molecule has 1 amide bonds. The minimum absolute atomic E-state index is 0.199. The van der Waals surface area contributed by atoms with Crippen LogP contribution in [0.2, 0.25) is 0 Å². The highest BCUT2D eigenvalue weighted by molar-refractivity contribution is 5.76. The Balaban J connectivity index is 1.43. The average Bonchev–Trinajstić information content (AvgIpc) is 2.78. The van der Waals surface area contributed by atoms with Crippen molar-refractivity contribution in [3.8, 4) is 0 Å². The van der Waals surface area contributed by atoms with Crippen LogP contribution in [0.4, 0.5) is 0 Å². The molecule has 0 spiro atoms. The van der Waals surface area contributed by atoms with E-state index in [1.165, 1.54) is 0 Å². The summed E-state index contributed by atoms with van der Waals surface area (Å²) in [4.78, 5) is 13.5. The highest BCUT2D eigenvalue weighted by Crippen LogP contribution is 2.22. The van der Waals surface area contributed by atoms with Crippen molar-refractivity contribution in [3.63, 3.8) is 0 Å². The minimum Gasteiger partial charge on any atom is -0.356 e. The maximum atomic E-state index is 11.0. The van der Waals surface area contributed by atoms with E-state index in [1.54, 1.807) is 6.20 Å². The maximum Gasteiger partial charge on any atom is 0.220 e. The van der Waals surface area contributed by atoms with Gasteiger partial charge in [0.15, 0.2) is 0 Å². The molecule has 1 atom stereocenters. The van der Waals surface area contributed by atoms with Crippen molar-refractivity contribution in [1.82, 2.24) is 25.2 Å². The number of rotatable bonds is 3. The van der Waals surface area contributed by atoms with Crippen LogP contribution in [-0.4, -0.2) is 52.0 Å². The molecule has 3 heterocycles. The van der Waals surface area contributed by atoms with E-state index in [2.05, 4.69) is 20.5 Å². The number of hydrogen-bond acceptors (Lipinski definition) is 4. The number of amides is 1. The van der Waals surface area contributed by atoms with Gasteiger partial charge in [-0.05, 0) is 12.3 Å². The summed E-state index contributed by atoms with van der Waals surface area (Å²) in [6, 6.07) is 0.482. The zero-order valence-electron chi connectivity index (χ0n) is 9.75. The van der Waals surface area contributed by atoms with E-state index < -0.39 is 0 Å². The van der Waals surface area contributed by atoms with Crippen molar-refractivity contribution in [1.29, 1.82) is 0 Å². The smallest absolute Gasteiger partial charge is 0.220 e. The number of nitrogens with zero attached hydrogens (tertiary/aromatic N) is 4. The second-order valence-corrected chi connectivity index (χ2v) is 4.96. The Morgan fingerprint density at radius 3 is 3.00 bits per heavy atom. The van der Waals surface area contributed by atoms with E-state index in [-0.39, 0.29) is 5.91 Å². The summed E-state index contributed by atoms with van der Waals surface area (Å²) in [5, 5.41) is 10.8. The van der Waals surface area contributed by atoms with Crippen LogP contribution in [0.15, 0.2) is 12.4 Å². The van der Waals surface area contributed by atoms with Gasteiger partial charge in [-0.15, -0.1) is 5.10 Å². The molecule has 3 rings (SSSR count). The van der Waals surface area contributed by atoms with Gasteiger partial charge in [0.05, 0.1) is 12.2 Å². The molecule has 0 aromatic carbocycles. The van der Waals surface area contributed by atoms with Crippen LogP contribution in [0.1, 0.15) is 18.9 Å². The van der Waals surface area contributed by atoms with Crippen LogP contribution in [0, 0.1) is 5.92 Å². The molecule has 2 fully saturated rings. The monoisotopic (exact) mass is 235 g/mol. The van der Waals surface area contributed by atoms with Gasteiger partial charge >= 0.3 is 0 Å². The van der Waals surface area contributed by atoms with E-state index in [0.29, 0.717) is 18.4 Å². The summed E-state index contributed by atoms with van der Waals surface area (Å²) in [5.41, 5.74) is 0. The first kappa shape index (κ1) is 10.7. The molecule has 0 saturated carbocycles. The van der Waals surface area contributed by atoms with Crippen molar-refractivity contribution >= 4 is 5.91 Å². The number of nitrogens with one attached hydrogen (secondary N) is 1. The van der Waals surface area contributed by atoms with Crippen molar-refractivity contribution in [2.75, 3.05) is 26.2 Å². The third-order valence-electron chi connectivity index (χ3n) is 3.64. The number of piperidine rings is 1. The lowest BCUT2D eigenvalue weighted by Gasteiger charge is -2.41. The topological polar surface area (TPSA) is 63.1 Å². The first-order chi connectivity index (χ1) is 8.31. The first-order valence-electron chi connectivity index (χ1n) is 6.16. The summed E-state index contributed by atoms with van der Waals surface area (Å²) in [6.45, 7) is 4.02. The second-order valence-electron chi connectivity index (χ2n) is 4.96. The predicted octanol–water partition coefficient (Wildman–Crippen LogP) is -0.339. The van der Waals surface area contributed by atoms with Gasteiger partial charge in [0.1, 0.15) is 0 Å². The van der Waals surface area contributed by atoms with Gasteiger partial charge in [-0.1, -0.05) is 5.21 Å². The lowest BCUT2D eigenvalue weighted by Crippen LogP contribution is -2.51. The fraction of sp³-hybridized carbons (Fsp3) is 0.727. The van der Waals surface area contributed by atoms with E-state index in [0.717, 1.165) is 32.6 Å². The van der Waals surface area contributed by atoms with Gasteiger partial charge in [-0.2, -0.15) is 0 Å². The van der Waals surface area contributed by atoms with E-state index in [4.69, 9.17) is 0 Å². The Bertz CT molecular complexity index is 375. The van der Waals surface area contributed by atoms with Crippen LogP contribution in [0.25, 0.3) is 0 Å². The van der Waals surface area contributed by atoms with E-state index in [9.17, 15) is 4.79 Å². The molecule has 0 aliphatic carbocycles. The van der Waals surface area contributed by atoms with Gasteiger partial charge < -0.3 is 5.32 Å². The molecule has 6 heteroatoms. The molecule has 92 valence electrons. The molecule has 2 aliphatic heterocycles. The number of carbonyl (C=O) groups is 1. The summed E-state index contributed by atoms with van der Waals surface area (Å²) < 4.78 is 1.93. The van der Waals surface area contributed by atoms with Gasteiger partial charge in [0.2, 0.25) is 5.91 Å². The van der Waals surface area contributed by atoms with E-state index >= 15 is 0 Å². The second kappa shape index (κ2) is 4.44. The number of aromatic nitrogens is 3. The molecule has 6 nitrogen and oxygen atoms in total. The molecule has 2 aliphatic rings. The molecule has 1 aromatic rings. The van der Waals surface area contributed by atoms with Crippen molar-refractivity contribution < 1.29 is 4.79 Å². The molecule has 1 unspecified atom stereocenters. The lowest BCUT2D eigenvalue weighted by molar-refractivity contribution is -0.123. The molecule has 2 saturated heterocycles. The maximum absolute atomic E-state index is 11.0. The predicted molar refractivity (Wildman–Crippen MR) is 61.2 cm³/mol. The number of carbonyl (C=O) groups excluding carboxylic acids is 1. The Labute approximate surface area is 100.0 Å². The standard InChI is InChI=1S/C11H17N5O/c17-11-2-1-9(5-12-11)6-15-7-10(8-15)16-4-3-13-14-16/h3-4,9-10H,1-2,5-8H2,(H,12,17). The van der Waals surface area contributed by atoms with Crippen LogP contribution >= 0.6 is 0 Å². The Kier molecular flexibility index (Phi) is 2.80. The van der Waals surface area contributed by atoms with E-state index in [1.807, 2.05) is 10.9 Å². The van der Waals surface area contributed by atoms with Gasteiger partial charge in [-0.25, -0.2) is 4.68 Å². The van der Waals surface area contributed by atoms with Crippen LogP contribution in [0.3, 0.4) is 0 Å². The van der Waals surface area contributed by atoms with Crippen molar-refractivity contribution in [2.45, 2.75) is 18.9 Å². The zero-order chi connectivity index (χ0) is 11.7. The number of hydrogen-bond donors (Lipinski definition) is 1. The van der Waals surface area contributed by atoms with Gasteiger partial charge in [0, 0.05) is 38.8 Å². The normalized spacial score (nSPS) is 26.6. The molecular formula is C11H17N5O. The minimum atomic E-state index is 0.199. The summed E-state index contributed by atoms with van der Waals surface area (Å²) in [5.74, 6) is 0.815. The van der Waals surface area contributed by atoms with Crippen molar-refractivity contribution in [2.24, 2.45) is 5.92 Å². The number of likely N-dealkylation sites (tertiary alicyclic amines) is 1. The SMILES string of the molecule is O=C1CCC(CN2CC(n3ccnn3)C2)CN1. The molecule has 0 bridgehead atoms. The Morgan fingerprint density at radius 1 is 1.47 bits per heavy atom. The molecule has 0 radical (unpaired) electrons. The molecular weight excluding hydrogens is 218 g/mol. The first-order valence-corrected chi connectivity index (χ1v) is 6.16. The summed E-state index contributed by atoms with van der Waals surface area (Å²) in [6.07, 6.45) is 5.35. The highest BCUT2D eigenvalue weighted by Gasteiger charge is 2.31. The zero-order valence-corrected chi connectivity index (χ0v) is 9.75. The third-order valence-corrected chi connectivity index (χ3v) is 3.64. The van der Waals surface area contributed by atoms with Crippen LogP contribution in [0.5, 0.6) is 0 Å². The Hall–Kier alpha value is -1.43. The largest absolute Gasteiger partial charge is 0.356 e. The van der Waals surface area contributed by atoms with Gasteiger partial charge in [0.25, 0.3) is 0 Å². The molecule has 1 N–H and O–H groups in total. The molecule has 1 aromatic heterocycles. The molecule has 17 heavy (non-hydrogen) atoms. The fourth-order valence-electron chi connectivity index (χ4n) is 2.58.